The molecule has 178 valence electrons. The number of nitrogens with one attached hydrogen (secondary N) is 1. The minimum atomic E-state index is -4.62. The van der Waals surface area contributed by atoms with Gasteiger partial charge in [0, 0.05) is 16.9 Å². The zero-order chi connectivity index (χ0) is 24.6. The van der Waals surface area contributed by atoms with Crippen molar-refractivity contribution >= 4 is 23.6 Å². The second-order valence-electron chi connectivity index (χ2n) is 7.60. The summed E-state index contributed by atoms with van der Waals surface area (Å²) < 4.78 is 86.3. The van der Waals surface area contributed by atoms with Gasteiger partial charge in [-0.3, -0.25) is 4.79 Å². The van der Waals surface area contributed by atoms with E-state index in [0.717, 1.165) is 30.3 Å². The second-order valence-corrected chi connectivity index (χ2v) is 8.74. The van der Waals surface area contributed by atoms with Crippen LogP contribution in [0, 0.1) is 17.5 Å². The maximum absolute atomic E-state index is 14.9. The minimum absolute atomic E-state index is 0.00445. The summed E-state index contributed by atoms with van der Waals surface area (Å²) in [6, 6.07) is 3.02. The topological polar surface area (TPSA) is 81.4 Å². The van der Waals surface area contributed by atoms with Crippen molar-refractivity contribution in [2.45, 2.75) is 41.3 Å². The normalized spacial score (nSPS) is 21.6. The Bertz CT molecular complexity index is 1080. The van der Waals surface area contributed by atoms with Crippen LogP contribution in [0.25, 0.3) is 0 Å². The fourth-order valence-electron chi connectivity index (χ4n) is 3.93. The number of halogens is 6. The molecule has 1 heterocycles. The maximum Gasteiger partial charge on any atom is 0.446 e. The number of ether oxygens (including phenoxy) is 1. The molecule has 0 aromatic heterocycles. The van der Waals surface area contributed by atoms with Crippen LogP contribution in [0.1, 0.15) is 29.3 Å². The quantitative estimate of drug-likeness (QED) is 0.349. The number of carbonyl (C=O) groups is 2. The predicted octanol–water partition coefficient (Wildman–Crippen LogP) is 4.68. The molecule has 0 saturated carbocycles. The van der Waals surface area contributed by atoms with Gasteiger partial charge in [-0.15, -0.1) is 0 Å². The monoisotopic (exact) mass is 492 g/mol. The molecule has 0 spiro atoms. The molecule has 0 radical (unpaired) electrons. The van der Waals surface area contributed by atoms with Gasteiger partial charge >= 0.3 is 11.5 Å². The van der Waals surface area contributed by atoms with E-state index in [9.17, 15) is 35.9 Å². The fraction of sp³-hybridized carbons (Fsp3) is 0.333. The van der Waals surface area contributed by atoms with Crippen LogP contribution in [0.5, 0.6) is 0 Å². The predicted molar refractivity (Wildman–Crippen MR) is 107 cm³/mol. The summed E-state index contributed by atoms with van der Waals surface area (Å²) in [4.78, 5) is 24.3. The number of thioether (sulfide) groups is 1. The number of rotatable bonds is 6. The van der Waals surface area contributed by atoms with Crippen LogP contribution in [-0.2, 0) is 10.2 Å². The van der Waals surface area contributed by atoms with Gasteiger partial charge in [0.25, 0.3) is 0 Å². The Hall–Kier alpha value is -2.73. The van der Waals surface area contributed by atoms with E-state index in [4.69, 9.17) is 10.5 Å². The van der Waals surface area contributed by atoms with Gasteiger partial charge in [-0.25, -0.2) is 18.0 Å². The fourth-order valence-corrected chi connectivity index (χ4v) is 4.49. The second kappa shape index (κ2) is 9.26. The summed E-state index contributed by atoms with van der Waals surface area (Å²) >= 11 is -0.490. The molecule has 1 aliphatic heterocycles. The number of hydrogen-bond donors (Lipinski definition) is 2. The molecule has 2 aromatic rings. The molecule has 1 aliphatic rings. The van der Waals surface area contributed by atoms with Gasteiger partial charge in [0.15, 0.2) is 17.4 Å². The molecule has 2 aromatic carbocycles. The summed E-state index contributed by atoms with van der Waals surface area (Å²) in [5.74, 6) is -4.78. The first-order valence-electron chi connectivity index (χ1n) is 9.55. The number of urea groups is 1. The van der Waals surface area contributed by atoms with Gasteiger partial charge in [0.2, 0.25) is 0 Å². The Kier molecular flexibility index (Phi) is 6.99. The lowest BCUT2D eigenvalue weighted by atomic mass is 9.72. The average molecular weight is 492 g/mol. The van der Waals surface area contributed by atoms with Gasteiger partial charge in [-0.2, -0.15) is 13.2 Å². The zero-order valence-electron chi connectivity index (χ0n) is 17.0. The van der Waals surface area contributed by atoms with Crippen LogP contribution in [0.2, 0.25) is 0 Å². The van der Waals surface area contributed by atoms with Crippen molar-refractivity contribution in [2.75, 3.05) is 6.61 Å². The molecular formula is C21H18F6N2O3S. The third-order valence-corrected chi connectivity index (χ3v) is 6.16. The Morgan fingerprint density at radius 2 is 1.88 bits per heavy atom. The van der Waals surface area contributed by atoms with Crippen LogP contribution < -0.4 is 11.1 Å². The van der Waals surface area contributed by atoms with Crippen molar-refractivity contribution < 1.29 is 40.7 Å². The van der Waals surface area contributed by atoms with Crippen molar-refractivity contribution in [3.8, 4) is 0 Å². The zero-order valence-corrected chi connectivity index (χ0v) is 17.8. The summed E-state index contributed by atoms with van der Waals surface area (Å²) in [7, 11) is 0. The van der Waals surface area contributed by atoms with E-state index in [2.05, 4.69) is 5.32 Å². The molecule has 0 bridgehead atoms. The van der Waals surface area contributed by atoms with E-state index >= 15 is 0 Å². The van der Waals surface area contributed by atoms with Crippen molar-refractivity contribution in [3.63, 3.8) is 0 Å². The van der Waals surface area contributed by atoms with Crippen LogP contribution in [0.4, 0.5) is 31.1 Å². The van der Waals surface area contributed by atoms with Gasteiger partial charge in [0.1, 0.15) is 11.9 Å². The smallest absolute Gasteiger partial charge is 0.375 e. The number of benzene rings is 2. The van der Waals surface area contributed by atoms with Crippen LogP contribution >= 0.6 is 11.8 Å². The lowest BCUT2D eigenvalue weighted by molar-refractivity contribution is -0.0328. The molecule has 3 N–H and O–H groups in total. The first kappa shape index (κ1) is 24.9. The maximum atomic E-state index is 14.9. The summed E-state index contributed by atoms with van der Waals surface area (Å²) in [6.07, 6.45) is -1.16. The van der Waals surface area contributed by atoms with Gasteiger partial charge in [-0.05, 0) is 48.0 Å². The van der Waals surface area contributed by atoms with Crippen LogP contribution in [0.15, 0.2) is 41.3 Å². The van der Waals surface area contributed by atoms with E-state index in [0.29, 0.717) is 6.07 Å². The Morgan fingerprint density at radius 3 is 2.48 bits per heavy atom. The number of primary amides is 1. The van der Waals surface area contributed by atoms with Crippen molar-refractivity contribution in [1.29, 1.82) is 0 Å². The van der Waals surface area contributed by atoms with Gasteiger partial charge in [0.05, 0.1) is 11.7 Å². The van der Waals surface area contributed by atoms with Crippen molar-refractivity contribution in [3.05, 3.63) is 65.0 Å². The average Bonchev–Trinajstić information content (AvgIpc) is 3.08. The number of alkyl halides is 3. The van der Waals surface area contributed by atoms with Gasteiger partial charge < -0.3 is 15.8 Å². The van der Waals surface area contributed by atoms with Crippen LogP contribution in [0.3, 0.4) is 0 Å². The van der Waals surface area contributed by atoms with Crippen LogP contribution in [-0.4, -0.2) is 36.1 Å². The van der Waals surface area contributed by atoms with Crippen molar-refractivity contribution in [2.24, 2.45) is 5.73 Å². The number of hydrogen-bond acceptors (Lipinski definition) is 4. The highest BCUT2D eigenvalue weighted by Gasteiger charge is 2.50. The third-order valence-electron chi connectivity index (χ3n) is 5.44. The lowest BCUT2D eigenvalue weighted by Gasteiger charge is -2.35. The SMILES string of the molecule is CC1(c2ccc(SC(F)(F)F)cc2F)CCO[C@@H]1C(NC(N)=O)C(=O)c1cccc(F)c1F. The number of carbonyl (C=O) groups excluding carboxylic acids is 2. The molecule has 2 amide bonds. The molecule has 33 heavy (non-hydrogen) atoms. The van der Waals surface area contributed by atoms with E-state index in [1.54, 1.807) is 0 Å². The van der Waals surface area contributed by atoms with E-state index < -0.39 is 69.7 Å². The first-order chi connectivity index (χ1) is 15.3. The molecular weight excluding hydrogens is 474 g/mol. The van der Waals surface area contributed by atoms with E-state index in [1.165, 1.54) is 6.92 Å². The first-order valence-corrected chi connectivity index (χ1v) is 10.4. The third kappa shape index (κ3) is 5.27. The van der Waals surface area contributed by atoms with E-state index in [-0.39, 0.29) is 23.5 Å². The highest BCUT2D eigenvalue weighted by Crippen LogP contribution is 2.44. The number of nitrogens with two attached hydrogens (primary N) is 1. The van der Waals surface area contributed by atoms with E-state index in [1.807, 2.05) is 0 Å². The highest BCUT2D eigenvalue weighted by molar-refractivity contribution is 8.00. The molecule has 0 aliphatic carbocycles. The number of ketones is 1. The number of Topliss-reactive ketones (excluding diaryl/α,β-unsaturated/α-hetero) is 1. The standard InChI is InChI=1S/C21H18F6N2O3S/c1-20(12-6-5-10(9-14(12)23)33-21(25,26)27)7-8-32-18(20)16(29-19(28)31)17(30)11-3-2-4-13(22)15(11)24/h2-6,9,16,18H,7-8H2,1H3,(H3,28,29,31)/t16?,18-,20?/m1/s1. The summed E-state index contributed by atoms with van der Waals surface area (Å²) in [5.41, 5.74) is -1.51. The molecule has 1 fully saturated rings. The Balaban J connectivity index is 2.02. The van der Waals surface area contributed by atoms with Gasteiger partial charge in [-0.1, -0.05) is 19.1 Å². The molecule has 5 nitrogen and oxygen atoms in total. The molecule has 3 atom stereocenters. The molecule has 3 rings (SSSR count). The van der Waals surface area contributed by atoms with Crippen molar-refractivity contribution in [1.82, 2.24) is 5.32 Å². The summed E-state index contributed by atoms with van der Waals surface area (Å²) in [5, 5.41) is 2.15. The highest BCUT2D eigenvalue weighted by atomic mass is 32.2. The molecule has 2 unspecified atom stereocenters. The number of amides is 2. The Morgan fingerprint density at radius 1 is 1.18 bits per heavy atom. The molecule has 1 saturated heterocycles. The minimum Gasteiger partial charge on any atom is -0.375 e. The summed E-state index contributed by atoms with van der Waals surface area (Å²) in [6.45, 7) is 1.49. The Labute approximate surface area is 188 Å². The lowest BCUT2D eigenvalue weighted by Crippen LogP contribution is -2.56. The largest absolute Gasteiger partial charge is 0.446 e. The molecule has 12 heteroatoms.